The highest BCUT2D eigenvalue weighted by atomic mass is 19.4. The molecule has 0 saturated carbocycles. The number of hydrogen-bond acceptors (Lipinski definition) is 0. The van der Waals surface area contributed by atoms with Crippen molar-refractivity contribution >= 4 is 0 Å². The van der Waals surface area contributed by atoms with E-state index in [0.29, 0.717) is 12.1 Å². The fourth-order valence-electron chi connectivity index (χ4n) is 1.43. The maximum atomic E-state index is 12.2. The van der Waals surface area contributed by atoms with Gasteiger partial charge in [0.05, 0.1) is 5.69 Å². The molecule has 1 aromatic heterocycles. The predicted octanol–water partition coefficient (Wildman–Crippen LogP) is 2.55. The molecule has 0 saturated heterocycles. The molecule has 0 aliphatic heterocycles. The Kier molecular flexibility index (Phi) is 3.42. The van der Waals surface area contributed by atoms with Crippen LogP contribution in [0.15, 0.2) is 6.07 Å². The maximum absolute atomic E-state index is 12.2. The lowest BCUT2D eigenvalue weighted by Crippen LogP contribution is -2.45. The zero-order valence-corrected chi connectivity index (χ0v) is 9.15. The second kappa shape index (κ2) is 4.24. The highest BCUT2D eigenvalue weighted by Crippen LogP contribution is 2.16. The van der Waals surface area contributed by atoms with Gasteiger partial charge in [-0.15, -0.1) is 4.68 Å². The minimum atomic E-state index is -4.17. The van der Waals surface area contributed by atoms with E-state index < -0.39 is 12.7 Å². The molecule has 86 valence electrons. The molecule has 5 heteroatoms. The van der Waals surface area contributed by atoms with Gasteiger partial charge < -0.3 is 0 Å². The highest BCUT2D eigenvalue weighted by molar-refractivity contribution is 5.07. The first kappa shape index (κ1) is 12.1. The van der Waals surface area contributed by atoms with Gasteiger partial charge in [-0.2, -0.15) is 18.3 Å². The van der Waals surface area contributed by atoms with Crippen LogP contribution in [0.1, 0.15) is 38.1 Å². The molecular formula is C10H16F3N2+. The Labute approximate surface area is 87.1 Å². The van der Waals surface area contributed by atoms with Crippen LogP contribution in [0, 0.1) is 0 Å². The summed E-state index contributed by atoms with van der Waals surface area (Å²) in [7, 11) is 0. The fourth-order valence-corrected chi connectivity index (χ4v) is 1.43. The molecule has 1 heterocycles. The van der Waals surface area contributed by atoms with Gasteiger partial charge in [-0.1, -0.05) is 20.8 Å². The molecule has 1 aromatic rings. The Morgan fingerprint density at radius 2 is 2.00 bits per heavy atom. The molecule has 0 aliphatic rings. The monoisotopic (exact) mass is 221 g/mol. The van der Waals surface area contributed by atoms with Crippen molar-refractivity contribution in [1.29, 1.82) is 0 Å². The van der Waals surface area contributed by atoms with Crippen LogP contribution >= 0.6 is 0 Å². The number of halogens is 3. The van der Waals surface area contributed by atoms with Crippen molar-refractivity contribution in [2.24, 2.45) is 0 Å². The number of aryl methyl sites for hydroxylation is 1. The molecular weight excluding hydrogens is 205 g/mol. The van der Waals surface area contributed by atoms with E-state index in [4.69, 9.17) is 0 Å². The zero-order valence-electron chi connectivity index (χ0n) is 9.15. The summed E-state index contributed by atoms with van der Waals surface area (Å²) in [6.45, 7) is 4.80. The molecule has 0 aromatic carbocycles. The van der Waals surface area contributed by atoms with Gasteiger partial charge >= 0.3 is 6.18 Å². The highest BCUT2D eigenvalue weighted by Gasteiger charge is 2.36. The quantitative estimate of drug-likeness (QED) is 0.757. The van der Waals surface area contributed by atoms with E-state index in [9.17, 15) is 13.2 Å². The first-order valence-corrected chi connectivity index (χ1v) is 5.02. The van der Waals surface area contributed by atoms with E-state index in [2.05, 4.69) is 5.10 Å². The number of rotatable bonds is 3. The third-order valence-electron chi connectivity index (χ3n) is 2.25. The van der Waals surface area contributed by atoms with Crippen LogP contribution < -0.4 is 4.68 Å². The third-order valence-corrected chi connectivity index (χ3v) is 2.25. The van der Waals surface area contributed by atoms with Crippen LogP contribution in [0.3, 0.4) is 0 Å². The van der Waals surface area contributed by atoms with E-state index in [1.54, 1.807) is 6.07 Å². The average molecular weight is 221 g/mol. The third kappa shape index (κ3) is 3.25. The Hall–Kier alpha value is -1.00. The Morgan fingerprint density at radius 1 is 1.40 bits per heavy atom. The number of aromatic nitrogens is 2. The summed E-state index contributed by atoms with van der Waals surface area (Å²) < 4.78 is 37.9. The number of H-pyrrole nitrogens is 1. The van der Waals surface area contributed by atoms with Crippen LogP contribution in [0.25, 0.3) is 0 Å². The first-order chi connectivity index (χ1) is 6.83. The number of nitrogens with one attached hydrogen (secondary N) is 1. The molecule has 0 bridgehead atoms. The van der Waals surface area contributed by atoms with Gasteiger partial charge in [0.2, 0.25) is 5.69 Å². The van der Waals surface area contributed by atoms with Crippen molar-refractivity contribution in [3.05, 3.63) is 17.5 Å². The van der Waals surface area contributed by atoms with E-state index in [-0.39, 0.29) is 5.92 Å². The van der Waals surface area contributed by atoms with Crippen molar-refractivity contribution in [2.75, 3.05) is 0 Å². The van der Waals surface area contributed by atoms with E-state index in [1.165, 1.54) is 4.68 Å². The van der Waals surface area contributed by atoms with Crippen molar-refractivity contribution < 1.29 is 17.9 Å². The van der Waals surface area contributed by atoms with Gasteiger partial charge in [0, 0.05) is 12.5 Å². The van der Waals surface area contributed by atoms with Gasteiger partial charge in [0.25, 0.3) is 6.54 Å². The zero-order chi connectivity index (χ0) is 11.6. The Bertz CT molecular complexity index is 326. The number of aromatic amines is 1. The summed E-state index contributed by atoms with van der Waals surface area (Å²) in [5.74, 6) is 0.213. The van der Waals surface area contributed by atoms with Crippen LogP contribution in [0.2, 0.25) is 0 Å². The lowest BCUT2D eigenvalue weighted by Gasteiger charge is -2.01. The summed E-state index contributed by atoms with van der Waals surface area (Å²) in [4.78, 5) is 0. The van der Waals surface area contributed by atoms with E-state index in [0.717, 1.165) is 5.69 Å². The molecule has 2 nitrogen and oxygen atoms in total. The average Bonchev–Trinajstić information content (AvgIpc) is 2.44. The number of nitrogens with zero attached hydrogens (tertiary/aromatic N) is 1. The lowest BCUT2D eigenvalue weighted by molar-refractivity contribution is -0.775. The smallest absolute Gasteiger partial charge is 0.169 e. The summed E-state index contributed by atoms with van der Waals surface area (Å²) in [5.41, 5.74) is 1.53. The number of alkyl halides is 3. The van der Waals surface area contributed by atoms with Crippen molar-refractivity contribution in [1.82, 2.24) is 5.10 Å². The van der Waals surface area contributed by atoms with Crippen molar-refractivity contribution in [2.45, 2.75) is 45.8 Å². The second-order valence-electron chi connectivity index (χ2n) is 3.91. The maximum Gasteiger partial charge on any atom is 0.451 e. The summed E-state index contributed by atoms with van der Waals surface area (Å²) >= 11 is 0. The largest absolute Gasteiger partial charge is 0.451 e. The molecule has 1 rings (SSSR count). The first-order valence-electron chi connectivity index (χ1n) is 5.02. The molecule has 1 N–H and O–H groups in total. The molecule has 0 radical (unpaired) electrons. The van der Waals surface area contributed by atoms with Gasteiger partial charge in [-0.05, 0) is 5.92 Å². The standard InChI is InChI=1S/C10H15F3N2/c1-4-8-5-9(7(2)3)14-15(8)6-10(11,12)13/h5,7H,4,6H2,1-3H3/p+1. The normalized spacial score (nSPS) is 12.5. The molecule has 0 unspecified atom stereocenters. The van der Waals surface area contributed by atoms with Crippen molar-refractivity contribution in [3.63, 3.8) is 0 Å². The van der Waals surface area contributed by atoms with Gasteiger partial charge in [-0.25, -0.2) is 0 Å². The summed E-state index contributed by atoms with van der Waals surface area (Å²) in [6.07, 6.45) is -3.58. The van der Waals surface area contributed by atoms with E-state index in [1.807, 2.05) is 20.8 Å². The minimum Gasteiger partial charge on any atom is -0.169 e. The summed E-state index contributed by atoms with van der Waals surface area (Å²) in [6, 6.07) is 1.80. The SMILES string of the molecule is CCc1cc(C(C)C)[nH][n+]1CC(F)(F)F. The van der Waals surface area contributed by atoms with Gasteiger partial charge in [0.1, 0.15) is 0 Å². The minimum absolute atomic E-state index is 0.213. The van der Waals surface area contributed by atoms with Gasteiger partial charge in [-0.3, -0.25) is 0 Å². The molecule has 0 aliphatic carbocycles. The summed E-state index contributed by atoms with van der Waals surface area (Å²) in [5, 5.41) is 2.79. The predicted molar refractivity (Wildman–Crippen MR) is 50.5 cm³/mol. The van der Waals surface area contributed by atoms with Gasteiger partial charge in [0.15, 0.2) is 0 Å². The second-order valence-corrected chi connectivity index (χ2v) is 3.91. The van der Waals surface area contributed by atoms with Crippen LogP contribution in [0.5, 0.6) is 0 Å². The molecule has 0 fully saturated rings. The molecule has 0 spiro atoms. The molecule has 0 amide bonds. The lowest BCUT2D eigenvalue weighted by atomic mass is 10.1. The van der Waals surface area contributed by atoms with Crippen molar-refractivity contribution in [3.8, 4) is 0 Å². The number of hydrogen-bond donors (Lipinski definition) is 1. The van der Waals surface area contributed by atoms with Crippen LogP contribution in [0.4, 0.5) is 13.2 Å². The molecule has 0 atom stereocenters. The Morgan fingerprint density at radius 3 is 2.40 bits per heavy atom. The Balaban J connectivity index is 2.96. The fraction of sp³-hybridized carbons (Fsp3) is 0.700. The van der Waals surface area contributed by atoms with Crippen LogP contribution in [-0.2, 0) is 13.0 Å². The topological polar surface area (TPSA) is 19.7 Å². The van der Waals surface area contributed by atoms with E-state index >= 15 is 0 Å². The molecule has 15 heavy (non-hydrogen) atoms. The van der Waals surface area contributed by atoms with Crippen LogP contribution in [-0.4, -0.2) is 11.3 Å².